The van der Waals surface area contributed by atoms with E-state index < -0.39 is 5.92 Å². The largest absolute Gasteiger partial charge is 0.489 e. The van der Waals surface area contributed by atoms with Crippen LogP contribution in [0.3, 0.4) is 0 Å². The molecular formula is C22H25F2NO2S. The molecule has 150 valence electrons. The Labute approximate surface area is 168 Å². The predicted molar refractivity (Wildman–Crippen MR) is 110 cm³/mol. The summed E-state index contributed by atoms with van der Waals surface area (Å²) in [5.74, 6) is -2.13. The number of halogens is 2. The van der Waals surface area contributed by atoms with Crippen LogP contribution in [-0.2, 0) is 19.0 Å². The number of pyridine rings is 1. The van der Waals surface area contributed by atoms with Gasteiger partial charge in [0, 0.05) is 34.5 Å². The Hall–Kier alpha value is -2.05. The topological polar surface area (TPSA) is 42.4 Å². The quantitative estimate of drug-likeness (QED) is 0.537. The second-order valence-corrected chi connectivity index (χ2v) is 7.92. The van der Waals surface area contributed by atoms with E-state index in [4.69, 9.17) is 4.74 Å². The van der Waals surface area contributed by atoms with Gasteiger partial charge in [-0.15, -0.1) is 11.3 Å². The molecule has 3 nitrogen and oxygen atoms in total. The molecule has 1 N–H and O–H groups in total. The first-order valence-corrected chi connectivity index (χ1v) is 10.2. The number of hydrogen-bond acceptors (Lipinski definition) is 4. The summed E-state index contributed by atoms with van der Waals surface area (Å²) >= 11 is 1.65. The number of aliphatic hydroxyl groups excluding tert-OH is 1. The van der Waals surface area contributed by atoms with Crippen LogP contribution in [0, 0.1) is 20.8 Å². The SMILES string of the molecule is CCC(F)(F)c1ccc(COc2cc(C)c3c(CCO)csc3c2C)c(C)n1. The second kappa shape index (κ2) is 8.13. The zero-order valence-electron chi connectivity index (χ0n) is 16.6. The van der Waals surface area contributed by atoms with Gasteiger partial charge in [0.05, 0.1) is 0 Å². The van der Waals surface area contributed by atoms with Crippen molar-refractivity contribution in [3.8, 4) is 5.75 Å². The molecule has 0 radical (unpaired) electrons. The van der Waals surface area contributed by atoms with Gasteiger partial charge >= 0.3 is 0 Å². The van der Waals surface area contributed by atoms with Gasteiger partial charge in [0.25, 0.3) is 5.92 Å². The Balaban J connectivity index is 1.85. The van der Waals surface area contributed by atoms with Crippen LogP contribution < -0.4 is 4.74 Å². The molecule has 2 aromatic heterocycles. The van der Waals surface area contributed by atoms with Crippen LogP contribution in [0.4, 0.5) is 8.78 Å². The van der Waals surface area contributed by atoms with Crippen LogP contribution in [0.15, 0.2) is 23.6 Å². The smallest absolute Gasteiger partial charge is 0.289 e. The number of alkyl halides is 2. The number of fused-ring (bicyclic) bond motifs is 1. The van der Waals surface area contributed by atoms with Crippen molar-refractivity contribution >= 4 is 21.4 Å². The van der Waals surface area contributed by atoms with Crippen molar-refractivity contribution in [2.75, 3.05) is 6.61 Å². The molecule has 0 saturated carbocycles. The highest BCUT2D eigenvalue weighted by atomic mass is 32.1. The number of thiophene rings is 1. The number of rotatable bonds is 7. The Morgan fingerprint density at radius 1 is 1.18 bits per heavy atom. The van der Waals surface area contributed by atoms with E-state index in [1.165, 1.54) is 18.4 Å². The summed E-state index contributed by atoms with van der Waals surface area (Å²) in [4.78, 5) is 4.09. The van der Waals surface area contributed by atoms with Crippen LogP contribution in [0.25, 0.3) is 10.1 Å². The van der Waals surface area contributed by atoms with Crippen molar-refractivity contribution in [3.05, 3.63) is 57.2 Å². The van der Waals surface area contributed by atoms with Crippen LogP contribution in [0.2, 0.25) is 0 Å². The van der Waals surface area contributed by atoms with Crippen molar-refractivity contribution in [1.82, 2.24) is 4.98 Å². The first-order chi connectivity index (χ1) is 13.3. The Morgan fingerprint density at radius 2 is 1.93 bits per heavy atom. The molecule has 3 aromatic rings. The lowest BCUT2D eigenvalue weighted by molar-refractivity contribution is -0.0129. The normalized spacial score (nSPS) is 12.0. The highest BCUT2D eigenvalue weighted by molar-refractivity contribution is 7.17. The van der Waals surface area contributed by atoms with E-state index in [9.17, 15) is 13.9 Å². The number of aromatic nitrogens is 1. The van der Waals surface area contributed by atoms with Crippen molar-refractivity contribution in [2.45, 2.75) is 53.1 Å². The summed E-state index contributed by atoms with van der Waals surface area (Å²) in [5, 5.41) is 12.5. The van der Waals surface area contributed by atoms with Gasteiger partial charge in [-0.1, -0.05) is 13.0 Å². The molecule has 0 unspecified atom stereocenters. The Bertz CT molecular complexity index is 998. The minimum atomic E-state index is -2.91. The molecule has 0 spiro atoms. The zero-order valence-corrected chi connectivity index (χ0v) is 17.4. The van der Waals surface area contributed by atoms with Crippen LogP contribution in [0.1, 0.15) is 47.0 Å². The summed E-state index contributed by atoms with van der Waals surface area (Å²) < 4.78 is 34.9. The number of aliphatic hydroxyl groups is 1. The van der Waals surface area contributed by atoms with Gasteiger partial charge < -0.3 is 9.84 Å². The van der Waals surface area contributed by atoms with Gasteiger partial charge in [-0.2, -0.15) is 8.78 Å². The molecule has 0 amide bonds. The molecule has 6 heteroatoms. The summed E-state index contributed by atoms with van der Waals surface area (Å²) in [6.07, 6.45) is 0.368. The van der Waals surface area contributed by atoms with Crippen LogP contribution >= 0.6 is 11.3 Å². The van der Waals surface area contributed by atoms with Gasteiger partial charge in [0.1, 0.15) is 18.1 Å². The summed E-state index contributed by atoms with van der Waals surface area (Å²) in [6.45, 7) is 7.64. The lowest BCUT2D eigenvalue weighted by Gasteiger charge is -2.16. The van der Waals surface area contributed by atoms with Gasteiger partial charge in [0.2, 0.25) is 0 Å². The Kier molecular flexibility index (Phi) is 6.01. The number of hydrogen-bond donors (Lipinski definition) is 1. The summed E-state index contributed by atoms with van der Waals surface area (Å²) in [7, 11) is 0. The fourth-order valence-electron chi connectivity index (χ4n) is 3.33. The third-order valence-corrected chi connectivity index (χ3v) is 6.25. The molecule has 0 bridgehead atoms. The monoisotopic (exact) mass is 405 g/mol. The van der Waals surface area contributed by atoms with Crippen LogP contribution in [-0.4, -0.2) is 16.7 Å². The van der Waals surface area contributed by atoms with Gasteiger partial charge in [0.15, 0.2) is 0 Å². The maximum Gasteiger partial charge on any atom is 0.289 e. The number of aryl methyl sites for hydroxylation is 3. The Morgan fingerprint density at radius 3 is 2.57 bits per heavy atom. The van der Waals surface area contributed by atoms with E-state index in [1.54, 1.807) is 24.3 Å². The standard InChI is InChI=1S/C22H25F2NO2S/c1-5-22(23,24)19-7-6-16(15(4)25-19)11-27-18-10-13(2)20-17(8-9-26)12-28-21(20)14(18)3/h6-7,10,12,26H,5,8-9,11H2,1-4H3. The lowest BCUT2D eigenvalue weighted by Crippen LogP contribution is -2.15. The fourth-order valence-corrected chi connectivity index (χ4v) is 4.51. The van der Waals surface area contributed by atoms with E-state index in [1.807, 2.05) is 19.9 Å². The molecule has 0 aliphatic heterocycles. The third kappa shape index (κ3) is 3.89. The van der Waals surface area contributed by atoms with E-state index in [2.05, 4.69) is 10.4 Å². The molecule has 28 heavy (non-hydrogen) atoms. The van der Waals surface area contributed by atoms with Gasteiger partial charge in [-0.05, 0) is 61.2 Å². The molecule has 0 saturated heterocycles. The predicted octanol–water partition coefficient (Wildman–Crippen LogP) is 5.84. The second-order valence-electron chi connectivity index (χ2n) is 7.04. The van der Waals surface area contributed by atoms with Crippen molar-refractivity contribution in [1.29, 1.82) is 0 Å². The zero-order chi connectivity index (χ0) is 20.5. The highest BCUT2D eigenvalue weighted by Gasteiger charge is 2.31. The van der Waals surface area contributed by atoms with E-state index in [0.29, 0.717) is 12.1 Å². The number of ether oxygens (including phenoxy) is 1. The van der Waals surface area contributed by atoms with Crippen molar-refractivity contribution in [2.24, 2.45) is 0 Å². The number of nitrogens with zero attached hydrogens (tertiary/aromatic N) is 1. The van der Waals surface area contributed by atoms with Gasteiger partial charge in [-0.3, -0.25) is 4.98 Å². The number of benzene rings is 1. The average molecular weight is 406 g/mol. The van der Waals surface area contributed by atoms with Crippen molar-refractivity contribution in [3.63, 3.8) is 0 Å². The molecule has 0 aliphatic carbocycles. The van der Waals surface area contributed by atoms with E-state index >= 15 is 0 Å². The molecule has 0 aliphatic rings. The first kappa shape index (κ1) is 20.7. The molecule has 1 aromatic carbocycles. The van der Waals surface area contributed by atoms with E-state index in [0.717, 1.165) is 32.7 Å². The maximum atomic E-state index is 13.8. The van der Waals surface area contributed by atoms with E-state index in [-0.39, 0.29) is 25.3 Å². The van der Waals surface area contributed by atoms with Gasteiger partial charge in [-0.25, -0.2) is 0 Å². The summed E-state index contributed by atoms with van der Waals surface area (Å²) in [5.41, 5.74) is 4.46. The fraction of sp³-hybridized carbons (Fsp3) is 0.409. The minimum Gasteiger partial charge on any atom is -0.489 e. The molecule has 0 atom stereocenters. The first-order valence-electron chi connectivity index (χ1n) is 9.37. The summed E-state index contributed by atoms with van der Waals surface area (Å²) in [6, 6.07) is 5.07. The van der Waals surface area contributed by atoms with Crippen molar-refractivity contribution < 1.29 is 18.6 Å². The molecule has 3 rings (SSSR count). The molecular weight excluding hydrogens is 380 g/mol. The van der Waals surface area contributed by atoms with Crippen LogP contribution in [0.5, 0.6) is 5.75 Å². The average Bonchev–Trinajstić information content (AvgIpc) is 3.09. The molecule has 2 heterocycles. The molecule has 0 fully saturated rings. The highest BCUT2D eigenvalue weighted by Crippen LogP contribution is 2.37. The minimum absolute atomic E-state index is 0.127. The third-order valence-electron chi connectivity index (χ3n) is 5.10. The lowest BCUT2D eigenvalue weighted by atomic mass is 10.0. The maximum absolute atomic E-state index is 13.8.